The average Bonchev–Trinajstić information content (AvgIpc) is 2.17. The predicted octanol–water partition coefficient (Wildman–Crippen LogP) is 3.75. The summed E-state index contributed by atoms with van der Waals surface area (Å²) in [5, 5.41) is 9.78. The van der Waals surface area contributed by atoms with Crippen molar-refractivity contribution in [2.75, 3.05) is 0 Å². The van der Waals surface area contributed by atoms with Crippen molar-refractivity contribution in [1.29, 1.82) is 0 Å². The van der Waals surface area contributed by atoms with Crippen molar-refractivity contribution in [2.24, 2.45) is 0 Å². The Kier molecular flexibility index (Phi) is 4.76. The van der Waals surface area contributed by atoms with Crippen molar-refractivity contribution in [1.82, 2.24) is 0 Å². The average molecular weight is 210 g/mol. The van der Waals surface area contributed by atoms with Gasteiger partial charge in [0.1, 0.15) is 5.82 Å². The third-order valence-electron chi connectivity index (χ3n) is 2.60. The fraction of sp³-hybridized carbons (Fsp3) is 0.538. The van der Waals surface area contributed by atoms with E-state index in [1.54, 1.807) is 6.07 Å². The van der Waals surface area contributed by atoms with Crippen LogP contribution in [0.15, 0.2) is 18.2 Å². The monoisotopic (exact) mass is 210 g/mol. The summed E-state index contributed by atoms with van der Waals surface area (Å²) in [6.07, 6.45) is 3.14. The summed E-state index contributed by atoms with van der Waals surface area (Å²) in [5.41, 5.74) is 1.31. The molecular formula is C13H19FO. The lowest BCUT2D eigenvalue weighted by atomic mass is 10.0. The highest BCUT2D eigenvalue weighted by molar-refractivity contribution is 5.25. The van der Waals surface area contributed by atoms with Crippen LogP contribution >= 0.6 is 0 Å². The highest BCUT2D eigenvalue weighted by atomic mass is 19.1. The molecule has 1 aromatic rings. The van der Waals surface area contributed by atoms with Crippen LogP contribution < -0.4 is 0 Å². The summed E-state index contributed by atoms with van der Waals surface area (Å²) in [5.74, 6) is -0.293. The van der Waals surface area contributed by atoms with Gasteiger partial charge in [0.25, 0.3) is 0 Å². The molecule has 1 rings (SSSR count). The molecule has 0 bridgehead atoms. The van der Waals surface area contributed by atoms with Crippen LogP contribution in [0.3, 0.4) is 0 Å². The first-order valence-electron chi connectivity index (χ1n) is 5.59. The smallest absolute Gasteiger partial charge is 0.129 e. The van der Waals surface area contributed by atoms with Crippen molar-refractivity contribution in [3.05, 3.63) is 35.1 Å². The molecule has 0 aliphatic rings. The number of aliphatic hydroxyl groups excluding tert-OH is 1. The Labute approximate surface area is 90.9 Å². The van der Waals surface area contributed by atoms with Crippen LogP contribution in [0, 0.1) is 12.7 Å². The molecule has 1 nitrogen and oxygen atoms in total. The molecule has 0 aromatic heterocycles. The van der Waals surface area contributed by atoms with E-state index in [0.717, 1.165) is 24.8 Å². The molecule has 0 aliphatic carbocycles. The van der Waals surface area contributed by atoms with Gasteiger partial charge in [-0.05, 0) is 25.0 Å². The summed E-state index contributed by atoms with van der Waals surface area (Å²) in [6, 6.07) is 4.99. The summed E-state index contributed by atoms with van der Waals surface area (Å²) >= 11 is 0. The minimum Gasteiger partial charge on any atom is -0.388 e. The van der Waals surface area contributed by atoms with Crippen molar-refractivity contribution in [3.63, 3.8) is 0 Å². The zero-order chi connectivity index (χ0) is 11.3. The Balaban J connectivity index is 2.61. The Bertz CT molecular complexity index is 309. The standard InChI is InChI=1S/C13H19FO/c1-3-4-5-6-13(15)11-8-7-10(2)9-12(11)14/h7-9,13,15H,3-6H2,1-2H3. The van der Waals surface area contributed by atoms with Crippen LogP contribution in [-0.2, 0) is 0 Å². The molecule has 0 saturated heterocycles. The molecule has 15 heavy (non-hydrogen) atoms. The molecule has 1 atom stereocenters. The van der Waals surface area contributed by atoms with Crippen molar-refractivity contribution < 1.29 is 9.50 Å². The zero-order valence-electron chi connectivity index (χ0n) is 9.46. The Morgan fingerprint density at radius 1 is 1.33 bits per heavy atom. The van der Waals surface area contributed by atoms with E-state index in [9.17, 15) is 9.50 Å². The molecular weight excluding hydrogens is 191 g/mol. The molecule has 0 fully saturated rings. The largest absolute Gasteiger partial charge is 0.388 e. The van der Waals surface area contributed by atoms with Gasteiger partial charge in [-0.2, -0.15) is 0 Å². The van der Waals surface area contributed by atoms with E-state index in [-0.39, 0.29) is 5.82 Å². The molecule has 0 spiro atoms. The molecule has 0 heterocycles. The molecule has 1 aromatic carbocycles. The second-order valence-corrected chi connectivity index (χ2v) is 4.04. The summed E-state index contributed by atoms with van der Waals surface area (Å²) in [6.45, 7) is 3.95. The van der Waals surface area contributed by atoms with E-state index in [2.05, 4.69) is 6.92 Å². The number of rotatable bonds is 5. The molecule has 0 aliphatic heterocycles. The number of unbranched alkanes of at least 4 members (excludes halogenated alkanes) is 2. The lowest BCUT2D eigenvalue weighted by Crippen LogP contribution is -2.01. The van der Waals surface area contributed by atoms with Crippen LogP contribution in [-0.4, -0.2) is 5.11 Å². The van der Waals surface area contributed by atoms with E-state index < -0.39 is 6.10 Å². The van der Waals surface area contributed by atoms with Crippen molar-refractivity contribution >= 4 is 0 Å². The van der Waals surface area contributed by atoms with Gasteiger partial charge in [0, 0.05) is 5.56 Å². The van der Waals surface area contributed by atoms with E-state index >= 15 is 0 Å². The number of halogens is 1. The minimum absolute atomic E-state index is 0.293. The van der Waals surface area contributed by atoms with Gasteiger partial charge in [-0.1, -0.05) is 38.3 Å². The number of hydrogen-bond acceptors (Lipinski definition) is 1. The topological polar surface area (TPSA) is 20.2 Å². The zero-order valence-corrected chi connectivity index (χ0v) is 9.46. The fourth-order valence-corrected chi connectivity index (χ4v) is 1.65. The second-order valence-electron chi connectivity index (χ2n) is 4.04. The Hall–Kier alpha value is -0.890. The van der Waals surface area contributed by atoms with Crippen LogP contribution in [0.2, 0.25) is 0 Å². The van der Waals surface area contributed by atoms with Crippen LogP contribution in [0.5, 0.6) is 0 Å². The Morgan fingerprint density at radius 2 is 2.07 bits per heavy atom. The maximum Gasteiger partial charge on any atom is 0.129 e. The molecule has 84 valence electrons. The predicted molar refractivity (Wildman–Crippen MR) is 60.2 cm³/mol. The van der Waals surface area contributed by atoms with Gasteiger partial charge in [-0.25, -0.2) is 4.39 Å². The Morgan fingerprint density at radius 3 is 2.67 bits per heavy atom. The first kappa shape index (κ1) is 12.2. The normalized spacial score (nSPS) is 12.8. The summed E-state index contributed by atoms with van der Waals surface area (Å²) in [4.78, 5) is 0. The summed E-state index contributed by atoms with van der Waals surface area (Å²) in [7, 11) is 0. The SMILES string of the molecule is CCCCCC(O)c1ccc(C)cc1F. The van der Waals surface area contributed by atoms with Crippen LogP contribution in [0.1, 0.15) is 49.8 Å². The molecule has 1 N–H and O–H groups in total. The maximum atomic E-state index is 13.5. The number of hydrogen-bond donors (Lipinski definition) is 1. The van der Waals surface area contributed by atoms with Crippen molar-refractivity contribution in [2.45, 2.75) is 45.6 Å². The fourth-order valence-electron chi connectivity index (χ4n) is 1.65. The molecule has 0 amide bonds. The molecule has 1 unspecified atom stereocenters. The lowest BCUT2D eigenvalue weighted by Gasteiger charge is -2.11. The molecule has 0 saturated carbocycles. The molecule has 0 radical (unpaired) electrons. The quantitative estimate of drug-likeness (QED) is 0.734. The number of aliphatic hydroxyl groups is 1. The van der Waals surface area contributed by atoms with E-state index in [1.165, 1.54) is 6.07 Å². The van der Waals surface area contributed by atoms with E-state index in [1.807, 2.05) is 13.0 Å². The maximum absolute atomic E-state index is 13.5. The van der Waals surface area contributed by atoms with Gasteiger partial charge in [-0.3, -0.25) is 0 Å². The van der Waals surface area contributed by atoms with Gasteiger partial charge in [0.05, 0.1) is 6.10 Å². The summed E-state index contributed by atoms with van der Waals surface area (Å²) < 4.78 is 13.5. The first-order chi connectivity index (χ1) is 7.15. The molecule has 2 heteroatoms. The van der Waals surface area contributed by atoms with Gasteiger partial charge >= 0.3 is 0 Å². The second kappa shape index (κ2) is 5.86. The highest BCUT2D eigenvalue weighted by Gasteiger charge is 2.11. The van der Waals surface area contributed by atoms with Gasteiger partial charge < -0.3 is 5.11 Å². The third kappa shape index (κ3) is 3.63. The van der Waals surface area contributed by atoms with Gasteiger partial charge in [0.2, 0.25) is 0 Å². The van der Waals surface area contributed by atoms with Crippen LogP contribution in [0.25, 0.3) is 0 Å². The van der Waals surface area contributed by atoms with Crippen molar-refractivity contribution in [3.8, 4) is 0 Å². The van der Waals surface area contributed by atoms with Crippen LogP contribution in [0.4, 0.5) is 4.39 Å². The van der Waals surface area contributed by atoms with Gasteiger partial charge in [0.15, 0.2) is 0 Å². The third-order valence-corrected chi connectivity index (χ3v) is 2.60. The van der Waals surface area contributed by atoms with Gasteiger partial charge in [-0.15, -0.1) is 0 Å². The minimum atomic E-state index is -0.655. The first-order valence-corrected chi connectivity index (χ1v) is 5.59. The van der Waals surface area contributed by atoms with E-state index in [0.29, 0.717) is 12.0 Å². The lowest BCUT2D eigenvalue weighted by molar-refractivity contribution is 0.159. The van der Waals surface area contributed by atoms with E-state index in [4.69, 9.17) is 0 Å². The number of aryl methyl sites for hydroxylation is 1. The number of benzene rings is 1. The highest BCUT2D eigenvalue weighted by Crippen LogP contribution is 2.22.